The third-order valence-electron chi connectivity index (χ3n) is 3.35. The molecule has 2 heterocycles. The van der Waals surface area contributed by atoms with E-state index in [4.69, 9.17) is 4.74 Å². The fourth-order valence-corrected chi connectivity index (χ4v) is 2.56. The van der Waals surface area contributed by atoms with E-state index < -0.39 is 28.7 Å². The van der Waals surface area contributed by atoms with Crippen LogP contribution in [0.1, 0.15) is 6.92 Å². The highest BCUT2D eigenvalue weighted by Gasteiger charge is 2.54. The second-order valence-electron chi connectivity index (χ2n) is 4.50. The van der Waals surface area contributed by atoms with E-state index in [2.05, 4.69) is 0 Å². The fraction of sp³-hybridized carbons (Fsp3) is 0.200. The van der Waals surface area contributed by atoms with Crippen LogP contribution in [0.15, 0.2) is 47.0 Å². The Morgan fingerprint density at radius 1 is 1.26 bits per heavy atom. The van der Waals surface area contributed by atoms with E-state index in [0.29, 0.717) is 0 Å². The van der Waals surface area contributed by atoms with Crippen molar-refractivity contribution in [3.05, 3.63) is 47.0 Å². The lowest BCUT2D eigenvalue weighted by Gasteiger charge is -2.38. The number of carboxylic acid groups (broad SMARTS) is 2. The van der Waals surface area contributed by atoms with Crippen molar-refractivity contribution < 1.29 is 24.5 Å². The summed E-state index contributed by atoms with van der Waals surface area (Å²) in [5.41, 5.74) is -3.99. The quantitative estimate of drug-likeness (QED) is 0.781. The molecule has 0 saturated heterocycles. The molecule has 0 bridgehead atoms. The summed E-state index contributed by atoms with van der Waals surface area (Å²) in [6.07, 6.45) is 5.76. The van der Waals surface area contributed by atoms with Crippen molar-refractivity contribution in [2.24, 2.45) is 0 Å². The van der Waals surface area contributed by atoms with Crippen LogP contribution in [0.2, 0.25) is 0 Å². The van der Waals surface area contributed by atoms with E-state index in [-0.39, 0.29) is 18.0 Å². The molecule has 2 N–H and O–H groups in total. The van der Waals surface area contributed by atoms with E-state index in [1.54, 1.807) is 12.1 Å². The summed E-state index contributed by atoms with van der Waals surface area (Å²) in [5.74, 6) is -3.10. The highest BCUT2D eigenvalue weighted by atomic mass is 16.5. The second-order valence-corrected chi connectivity index (χ2v) is 4.50. The van der Waals surface area contributed by atoms with Crippen LogP contribution in [0.4, 0.5) is 0 Å². The Morgan fingerprint density at radius 3 is 2.39 bits per heavy atom. The molecule has 2 aliphatic heterocycles. The Morgan fingerprint density at radius 2 is 1.91 bits per heavy atom. The fourth-order valence-electron chi connectivity index (χ4n) is 2.56. The van der Waals surface area contributed by atoms with Gasteiger partial charge in [-0.1, -0.05) is 6.08 Å². The molecular formula is C15H11N3O5. The maximum atomic E-state index is 11.7. The van der Waals surface area contributed by atoms with Crippen molar-refractivity contribution in [3.63, 3.8) is 0 Å². The molecule has 8 nitrogen and oxygen atoms in total. The molecule has 0 aliphatic carbocycles. The van der Waals surface area contributed by atoms with E-state index in [1.807, 2.05) is 0 Å². The maximum absolute atomic E-state index is 11.7. The molecule has 8 heteroatoms. The minimum absolute atomic E-state index is 0.0107. The van der Waals surface area contributed by atoms with Crippen LogP contribution in [0.3, 0.4) is 0 Å². The Kier molecular flexibility index (Phi) is 4.04. The van der Waals surface area contributed by atoms with Gasteiger partial charge in [-0.05, 0) is 19.1 Å². The van der Waals surface area contributed by atoms with Crippen molar-refractivity contribution in [1.82, 2.24) is 4.90 Å². The summed E-state index contributed by atoms with van der Waals surface area (Å²) in [4.78, 5) is 24.6. The highest BCUT2D eigenvalue weighted by molar-refractivity contribution is 6.02. The van der Waals surface area contributed by atoms with Crippen LogP contribution in [-0.4, -0.2) is 39.3 Å². The van der Waals surface area contributed by atoms with Crippen LogP contribution in [0, 0.1) is 22.7 Å². The van der Waals surface area contributed by atoms with Gasteiger partial charge in [0.15, 0.2) is 0 Å². The third kappa shape index (κ3) is 2.18. The van der Waals surface area contributed by atoms with Gasteiger partial charge in [-0.2, -0.15) is 10.5 Å². The smallest absolute Gasteiger partial charge is 0.338 e. The normalized spacial score (nSPS) is 22.5. The molecule has 0 aromatic heterocycles. The topological polar surface area (TPSA) is 135 Å². The van der Waals surface area contributed by atoms with Gasteiger partial charge in [0.1, 0.15) is 29.0 Å². The first-order valence-electron chi connectivity index (χ1n) is 6.50. The number of allylic oxidation sites excluding steroid dienone is 4. The highest BCUT2D eigenvalue weighted by Crippen LogP contribution is 2.42. The summed E-state index contributed by atoms with van der Waals surface area (Å²) in [6.45, 7) is 1.38. The molecule has 0 fully saturated rings. The van der Waals surface area contributed by atoms with Gasteiger partial charge >= 0.3 is 11.9 Å². The van der Waals surface area contributed by atoms with Gasteiger partial charge in [0.05, 0.1) is 5.70 Å². The predicted molar refractivity (Wildman–Crippen MR) is 75.0 cm³/mol. The number of nitriles is 2. The van der Waals surface area contributed by atoms with Gasteiger partial charge in [-0.25, -0.2) is 9.59 Å². The average molecular weight is 313 g/mol. The summed E-state index contributed by atoms with van der Waals surface area (Å²) in [7, 11) is 0. The number of hydrogen-bond donors (Lipinski definition) is 2. The molecule has 0 amide bonds. The molecule has 2 rings (SSSR count). The number of hydrogen-bond acceptors (Lipinski definition) is 6. The zero-order valence-electron chi connectivity index (χ0n) is 12.0. The summed E-state index contributed by atoms with van der Waals surface area (Å²) in [5, 5.41) is 38.0. The van der Waals surface area contributed by atoms with Crippen LogP contribution in [-0.2, 0) is 14.3 Å². The zero-order chi connectivity index (χ0) is 17.2. The third-order valence-corrected chi connectivity index (χ3v) is 3.35. The molecule has 2 aliphatic rings. The Labute approximate surface area is 131 Å². The van der Waals surface area contributed by atoms with Crippen molar-refractivity contribution >= 4 is 11.9 Å². The van der Waals surface area contributed by atoms with Crippen LogP contribution in [0.5, 0.6) is 0 Å². The number of rotatable bonds is 4. The Bertz CT molecular complexity index is 791. The molecule has 0 spiro atoms. The van der Waals surface area contributed by atoms with E-state index in [0.717, 1.165) is 4.90 Å². The van der Waals surface area contributed by atoms with Crippen LogP contribution in [0.25, 0.3) is 0 Å². The van der Waals surface area contributed by atoms with Crippen LogP contribution >= 0.6 is 0 Å². The first-order chi connectivity index (χ1) is 10.9. The van der Waals surface area contributed by atoms with Gasteiger partial charge in [-0.15, -0.1) is 0 Å². The Balaban J connectivity index is 2.96. The van der Waals surface area contributed by atoms with E-state index in [9.17, 15) is 30.3 Å². The monoisotopic (exact) mass is 313 g/mol. The summed E-state index contributed by atoms with van der Waals surface area (Å²) in [6, 6.07) is 3.37. The number of fused-ring (bicyclic) bond motifs is 1. The minimum atomic E-state index is -2.38. The number of carbonyl (C=O) groups is 2. The lowest BCUT2D eigenvalue weighted by molar-refractivity contribution is -0.137. The van der Waals surface area contributed by atoms with Gasteiger partial charge in [0, 0.05) is 12.8 Å². The number of ether oxygens (including phenoxy) is 1. The van der Waals surface area contributed by atoms with Crippen LogP contribution < -0.4 is 0 Å². The zero-order valence-corrected chi connectivity index (χ0v) is 12.0. The van der Waals surface area contributed by atoms with Crippen molar-refractivity contribution in [3.8, 4) is 12.1 Å². The molecule has 0 radical (unpaired) electrons. The second kappa shape index (κ2) is 5.79. The largest absolute Gasteiger partial charge is 0.478 e. The van der Waals surface area contributed by atoms with Gasteiger partial charge in [-0.3, -0.25) is 0 Å². The summed E-state index contributed by atoms with van der Waals surface area (Å²) < 4.78 is 5.27. The molecule has 1 atom stereocenters. The predicted octanol–water partition coefficient (Wildman–Crippen LogP) is 0.885. The van der Waals surface area contributed by atoms with Crippen molar-refractivity contribution in [1.29, 1.82) is 10.5 Å². The van der Waals surface area contributed by atoms with Gasteiger partial charge < -0.3 is 19.8 Å². The number of carboxylic acids is 2. The van der Waals surface area contributed by atoms with Crippen molar-refractivity contribution in [2.45, 2.75) is 12.5 Å². The standard InChI is InChI=1S/C15H11N3O5/c1-2-23-15(8-17)11(13(19)20)9-5-3-4-6-18(9)10(7-16)12(15)14(21)22/h3-6H,2H2,1H3,(H,19,20)(H,21,22). The lowest BCUT2D eigenvalue weighted by atomic mass is 9.80. The molecule has 116 valence electrons. The van der Waals surface area contributed by atoms with Crippen molar-refractivity contribution in [2.75, 3.05) is 6.61 Å². The minimum Gasteiger partial charge on any atom is -0.478 e. The maximum Gasteiger partial charge on any atom is 0.338 e. The molecule has 23 heavy (non-hydrogen) atoms. The lowest BCUT2D eigenvalue weighted by Crippen LogP contribution is -2.48. The number of nitrogens with zero attached hydrogens (tertiary/aromatic N) is 3. The SMILES string of the molecule is CCOC1(C#N)C(C(=O)O)=C(C#N)N2C=CC=CC2=C1C(=O)O. The van der Waals surface area contributed by atoms with Gasteiger partial charge in [0.2, 0.25) is 5.60 Å². The molecule has 0 aromatic rings. The Hall–Kier alpha value is -3.36. The first kappa shape index (κ1) is 16.0. The molecule has 0 aromatic carbocycles. The molecule has 0 saturated carbocycles. The average Bonchev–Trinajstić information content (AvgIpc) is 2.52. The van der Waals surface area contributed by atoms with Gasteiger partial charge in [0.25, 0.3) is 0 Å². The molecular weight excluding hydrogens is 302 g/mol. The molecule has 1 unspecified atom stereocenters. The number of aliphatic carboxylic acids is 2. The van der Waals surface area contributed by atoms with E-state index >= 15 is 0 Å². The summed E-state index contributed by atoms with van der Waals surface area (Å²) >= 11 is 0. The first-order valence-corrected chi connectivity index (χ1v) is 6.50. The van der Waals surface area contributed by atoms with E-state index in [1.165, 1.54) is 31.4 Å².